The predicted molar refractivity (Wildman–Crippen MR) is 86.6 cm³/mol. The van der Waals surface area contributed by atoms with E-state index in [0.717, 1.165) is 49.9 Å². The first-order valence-electron chi connectivity index (χ1n) is 8.34. The normalized spacial score (nSPS) is 22.6. The predicted octanol–water partition coefficient (Wildman–Crippen LogP) is 3.15. The lowest BCUT2D eigenvalue weighted by Gasteiger charge is -2.23. The quantitative estimate of drug-likeness (QED) is 0.836. The van der Waals surface area contributed by atoms with Crippen LogP contribution in [0.4, 0.5) is 5.82 Å². The van der Waals surface area contributed by atoms with E-state index in [4.69, 9.17) is 9.47 Å². The van der Waals surface area contributed by atoms with Crippen molar-refractivity contribution in [3.05, 3.63) is 23.7 Å². The van der Waals surface area contributed by atoms with Gasteiger partial charge in [0.25, 0.3) is 0 Å². The summed E-state index contributed by atoms with van der Waals surface area (Å²) in [6.07, 6.45) is 9.61. The Morgan fingerprint density at radius 3 is 2.86 bits per heavy atom. The van der Waals surface area contributed by atoms with E-state index in [2.05, 4.69) is 20.9 Å². The lowest BCUT2D eigenvalue weighted by molar-refractivity contribution is -0.169. The standard InChI is InChI=1S/C17H25N3O2/c1-2-7-15-18-14(13-22-17-8-3-6-11-21-17)12-16(19-15)20-9-4-5-10-20/h2,7,12,17H,3-6,8-11,13H2,1H3. The van der Waals surface area contributed by atoms with Crippen molar-refractivity contribution in [1.29, 1.82) is 0 Å². The second kappa shape index (κ2) is 7.70. The second-order valence-corrected chi connectivity index (χ2v) is 5.88. The van der Waals surface area contributed by atoms with Crippen LogP contribution in [0.15, 0.2) is 12.1 Å². The van der Waals surface area contributed by atoms with E-state index in [9.17, 15) is 0 Å². The minimum absolute atomic E-state index is 0.0795. The summed E-state index contributed by atoms with van der Waals surface area (Å²) in [5.41, 5.74) is 0.930. The number of allylic oxidation sites excluding steroid dienone is 1. The molecule has 1 aromatic heterocycles. The van der Waals surface area contributed by atoms with Crippen LogP contribution < -0.4 is 4.90 Å². The molecule has 2 aliphatic heterocycles. The molecule has 1 atom stereocenters. The van der Waals surface area contributed by atoms with Crippen LogP contribution in [-0.2, 0) is 16.1 Å². The van der Waals surface area contributed by atoms with Gasteiger partial charge in [-0.25, -0.2) is 9.97 Å². The summed E-state index contributed by atoms with van der Waals surface area (Å²) in [6.45, 7) is 5.43. The van der Waals surface area contributed by atoms with Gasteiger partial charge in [0.1, 0.15) is 5.82 Å². The fourth-order valence-electron chi connectivity index (χ4n) is 2.93. The number of anilines is 1. The largest absolute Gasteiger partial charge is 0.356 e. The summed E-state index contributed by atoms with van der Waals surface area (Å²) in [5, 5.41) is 0. The van der Waals surface area contributed by atoms with E-state index in [1.807, 2.05) is 19.1 Å². The minimum atomic E-state index is -0.0795. The van der Waals surface area contributed by atoms with Crippen LogP contribution in [0.3, 0.4) is 0 Å². The highest BCUT2D eigenvalue weighted by atomic mass is 16.7. The lowest BCUT2D eigenvalue weighted by atomic mass is 10.2. The van der Waals surface area contributed by atoms with E-state index >= 15 is 0 Å². The van der Waals surface area contributed by atoms with Gasteiger partial charge in [-0.2, -0.15) is 0 Å². The van der Waals surface area contributed by atoms with Crippen molar-refractivity contribution >= 4 is 11.9 Å². The Hall–Kier alpha value is -1.46. The molecular weight excluding hydrogens is 278 g/mol. The first-order chi connectivity index (χ1) is 10.8. The molecule has 5 nitrogen and oxygen atoms in total. The molecular formula is C17H25N3O2. The molecule has 2 fully saturated rings. The summed E-state index contributed by atoms with van der Waals surface area (Å²) < 4.78 is 11.5. The molecule has 1 aromatic rings. The van der Waals surface area contributed by atoms with E-state index in [-0.39, 0.29) is 6.29 Å². The lowest BCUT2D eigenvalue weighted by Crippen LogP contribution is -2.23. The molecule has 0 aromatic carbocycles. The Labute approximate surface area is 132 Å². The third-order valence-electron chi connectivity index (χ3n) is 4.08. The number of aromatic nitrogens is 2. The summed E-state index contributed by atoms with van der Waals surface area (Å²) >= 11 is 0. The first-order valence-corrected chi connectivity index (χ1v) is 8.34. The minimum Gasteiger partial charge on any atom is -0.356 e. The van der Waals surface area contributed by atoms with E-state index < -0.39 is 0 Å². The first kappa shape index (κ1) is 15.4. The van der Waals surface area contributed by atoms with Crippen LogP contribution in [0, 0.1) is 0 Å². The molecule has 3 heterocycles. The monoisotopic (exact) mass is 303 g/mol. The van der Waals surface area contributed by atoms with Crippen LogP contribution in [0.5, 0.6) is 0 Å². The van der Waals surface area contributed by atoms with Crippen molar-refractivity contribution in [3.63, 3.8) is 0 Å². The highest BCUT2D eigenvalue weighted by Gasteiger charge is 2.17. The second-order valence-electron chi connectivity index (χ2n) is 5.88. The number of hydrogen-bond donors (Lipinski definition) is 0. The van der Waals surface area contributed by atoms with Gasteiger partial charge in [-0.3, -0.25) is 0 Å². The average Bonchev–Trinajstić information content (AvgIpc) is 3.09. The zero-order valence-corrected chi connectivity index (χ0v) is 13.3. The maximum absolute atomic E-state index is 5.86. The Morgan fingerprint density at radius 1 is 1.27 bits per heavy atom. The van der Waals surface area contributed by atoms with Gasteiger partial charge < -0.3 is 14.4 Å². The van der Waals surface area contributed by atoms with Crippen molar-refractivity contribution in [3.8, 4) is 0 Å². The summed E-state index contributed by atoms with van der Waals surface area (Å²) in [7, 11) is 0. The maximum atomic E-state index is 5.86. The molecule has 2 aliphatic rings. The molecule has 22 heavy (non-hydrogen) atoms. The Kier molecular flexibility index (Phi) is 5.40. The Bertz CT molecular complexity index is 507. The van der Waals surface area contributed by atoms with Gasteiger partial charge in [0.2, 0.25) is 0 Å². The van der Waals surface area contributed by atoms with Crippen molar-refractivity contribution in [1.82, 2.24) is 9.97 Å². The zero-order chi connectivity index (χ0) is 15.2. The SMILES string of the molecule is CC=Cc1nc(COC2CCCCO2)cc(N2CCCC2)n1. The van der Waals surface area contributed by atoms with Crippen LogP contribution in [0.25, 0.3) is 6.08 Å². The molecule has 0 radical (unpaired) electrons. The number of nitrogens with zero attached hydrogens (tertiary/aromatic N) is 3. The molecule has 0 aliphatic carbocycles. The molecule has 5 heteroatoms. The van der Waals surface area contributed by atoms with Crippen LogP contribution in [0.2, 0.25) is 0 Å². The van der Waals surface area contributed by atoms with Crippen molar-refractivity contribution in [2.75, 3.05) is 24.6 Å². The third kappa shape index (κ3) is 4.05. The summed E-state index contributed by atoms with van der Waals surface area (Å²) in [4.78, 5) is 11.5. The van der Waals surface area contributed by atoms with Crippen LogP contribution >= 0.6 is 0 Å². The molecule has 2 saturated heterocycles. The Morgan fingerprint density at radius 2 is 2.14 bits per heavy atom. The summed E-state index contributed by atoms with van der Waals surface area (Å²) in [6, 6.07) is 2.06. The van der Waals surface area contributed by atoms with Gasteiger partial charge in [-0.05, 0) is 45.1 Å². The van der Waals surface area contributed by atoms with Gasteiger partial charge in [-0.15, -0.1) is 0 Å². The van der Waals surface area contributed by atoms with Gasteiger partial charge in [0.05, 0.1) is 12.3 Å². The fourth-order valence-corrected chi connectivity index (χ4v) is 2.93. The topological polar surface area (TPSA) is 47.5 Å². The number of ether oxygens (including phenoxy) is 2. The fraction of sp³-hybridized carbons (Fsp3) is 0.647. The zero-order valence-electron chi connectivity index (χ0n) is 13.3. The molecule has 1 unspecified atom stereocenters. The smallest absolute Gasteiger partial charge is 0.158 e. The molecule has 0 bridgehead atoms. The van der Waals surface area contributed by atoms with Crippen molar-refractivity contribution < 1.29 is 9.47 Å². The van der Waals surface area contributed by atoms with Gasteiger partial charge in [-0.1, -0.05) is 6.08 Å². The van der Waals surface area contributed by atoms with E-state index in [1.54, 1.807) is 0 Å². The van der Waals surface area contributed by atoms with E-state index in [0.29, 0.717) is 6.61 Å². The molecule has 120 valence electrons. The molecule has 0 spiro atoms. The van der Waals surface area contributed by atoms with E-state index in [1.165, 1.54) is 19.3 Å². The van der Waals surface area contributed by atoms with Crippen molar-refractivity contribution in [2.24, 2.45) is 0 Å². The Balaban J connectivity index is 1.70. The van der Waals surface area contributed by atoms with Crippen molar-refractivity contribution in [2.45, 2.75) is 51.9 Å². The molecule has 0 saturated carbocycles. The average molecular weight is 303 g/mol. The third-order valence-corrected chi connectivity index (χ3v) is 4.08. The van der Waals surface area contributed by atoms with Crippen LogP contribution in [-0.4, -0.2) is 36.0 Å². The highest BCUT2D eigenvalue weighted by molar-refractivity contribution is 5.47. The molecule has 3 rings (SSSR count). The van der Waals surface area contributed by atoms with Gasteiger partial charge >= 0.3 is 0 Å². The molecule has 0 amide bonds. The van der Waals surface area contributed by atoms with Gasteiger partial charge in [0, 0.05) is 25.8 Å². The van der Waals surface area contributed by atoms with Gasteiger partial charge in [0.15, 0.2) is 12.1 Å². The molecule has 0 N–H and O–H groups in total. The number of rotatable bonds is 5. The van der Waals surface area contributed by atoms with Crippen LogP contribution in [0.1, 0.15) is 50.5 Å². The number of hydrogen-bond acceptors (Lipinski definition) is 5. The maximum Gasteiger partial charge on any atom is 0.158 e. The highest BCUT2D eigenvalue weighted by Crippen LogP contribution is 2.21. The summed E-state index contributed by atoms with van der Waals surface area (Å²) in [5.74, 6) is 1.78.